The topological polar surface area (TPSA) is 69.6 Å². The Morgan fingerprint density at radius 1 is 0.857 bits per heavy atom. The number of benzene rings is 2. The molecule has 21 heavy (non-hydrogen) atoms. The minimum Gasteiger partial charge on any atom is -0.356 e. The predicted molar refractivity (Wildman–Crippen MR) is 79.8 cm³/mol. The lowest BCUT2D eigenvalue weighted by atomic mass is 10.1. The van der Waals surface area contributed by atoms with Gasteiger partial charge < -0.3 is 5.32 Å². The normalized spacial score (nSPS) is 12.6. The number of hydrogen-bond acceptors (Lipinski definition) is 4. The van der Waals surface area contributed by atoms with E-state index in [0.717, 1.165) is 5.69 Å². The van der Waals surface area contributed by atoms with Crippen molar-refractivity contribution < 1.29 is 14.8 Å². The van der Waals surface area contributed by atoms with Crippen LogP contribution in [0.5, 0.6) is 0 Å². The number of carbonyl (C=O) groups excluding carboxylic acids is 2. The molecule has 5 nitrogen and oxygen atoms in total. The molecule has 0 atom stereocenters. The van der Waals surface area contributed by atoms with Crippen molar-refractivity contribution in [3.05, 3.63) is 59.7 Å². The zero-order valence-corrected chi connectivity index (χ0v) is 11.8. The molecule has 2 N–H and O–H groups in total. The summed E-state index contributed by atoms with van der Waals surface area (Å²) in [7, 11) is 0. The van der Waals surface area contributed by atoms with Gasteiger partial charge in [-0.25, -0.2) is 0 Å². The Morgan fingerprint density at radius 2 is 1.48 bits per heavy atom. The van der Waals surface area contributed by atoms with Gasteiger partial charge in [-0.15, -0.1) is 5.06 Å². The predicted octanol–water partition coefficient (Wildman–Crippen LogP) is 3.44. The number of hydrogen-bond donors (Lipinski definition) is 2. The van der Waals surface area contributed by atoms with E-state index in [1.165, 1.54) is 6.07 Å². The van der Waals surface area contributed by atoms with Crippen LogP contribution in [0.15, 0.2) is 48.5 Å². The molecule has 1 aliphatic rings. The lowest BCUT2D eigenvalue weighted by Gasteiger charge is -2.06. The smallest absolute Gasteiger partial charge is 0.285 e. The number of anilines is 2. The molecule has 1 aliphatic heterocycles. The van der Waals surface area contributed by atoms with Crippen LogP contribution in [0.4, 0.5) is 11.4 Å². The molecule has 0 bridgehead atoms. The van der Waals surface area contributed by atoms with Crippen molar-refractivity contribution in [1.29, 1.82) is 0 Å². The van der Waals surface area contributed by atoms with E-state index in [2.05, 4.69) is 5.32 Å². The van der Waals surface area contributed by atoms with Crippen molar-refractivity contribution >= 4 is 23.2 Å². The van der Waals surface area contributed by atoms with Gasteiger partial charge >= 0.3 is 0 Å². The van der Waals surface area contributed by atoms with Crippen molar-refractivity contribution in [3.63, 3.8) is 0 Å². The van der Waals surface area contributed by atoms with E-state index < -0.39 is 11.8 Å². The van der Waals surface area contributed by atoms with Crippen LogP contribution in [0.1, 0.15) is 34.6 Å². The first-order chi connectivity index (χ1) is 10.2. The van der Waals surface area contributed by atoms with Crippen molar-refractivity contribution in [2.75, 3.05) is 5.32 Å². The monoisotopic (exact) mass is 284 g/mol. The molecule has 0 fully saturated rings. The van der Waals surface area contributed by atoms with Gasteiger partial charge in [0.2, 0.25) is 0 Å². The van der Waals surface area contributed by atoms with E-state index >= 15 is 0 Å². The molecule has 2 amide bonds. The van der Waals surface area contributed by atoms with Crippen LogP contribution in [-0.2, 0) is 0 Å². The van der Waals surface area contributed by atoms with Crippen molar-refractivity contribution in [2.45, 2.75) is 13.8 Å². The third-order valence-electron chi connectivity index (χ3n) is 2.93. The first-order valence-electron chi connectivity index (χ1n) is 6.70. The minimum absolute atomic E-state index is 0.136. The summed E-state index contributed by atoms with van der Waals surface area (Å²) < 4.78 is 0. The number of hydroxylamine groups is 2. The van der Waals surface area contributed by atoms with Gasteiger partial charge in [-0.3, -0.25) is 14.8 Å². The van der Waals surface area contributed by atoms with Gasteiger partial charge in [0, 0.05) is 11.4 Å². The summed E-state index contributed by atoms with van der Waals surface area (Å²) in [6, 6.07) is 14.2. The lowest BCUT2D eigenvalue weighted by molar-refractivity contribution is -0.0327. The Balaban J connectivity index is 0.000000774. The Morgan fingerprint density at radius 3 is 2.14 bits per heavy atom. The summed E-state index contributed by atoms with van der Waals surface area (Å²) in [6.07, 6.45) is 0. The fourth-order valence-electron chi connectivity index (χ4n) is 1.99. The fraction of sp³-hybridized carbons (Fsp3) is 0.125. The molecule has 0 aliphatic carbocycles. The molecule has 3 rings (SSSR count). The average molecular weight is 284 g/mol. The zero-order chi connectivity index (χ0) is 15.4. The molecule has 2 aromatic rings. The van der Waals surface area contributed by atoms with Gasteiger partial charge in [0.15, 0.2) is 0 Å². The molecular formula is C16H16N2O3. The van der Waals surface area contributed by atoms with Crippen LogP contribution in [0.2, 0.25) is 0 Å². The summed E-state index contributed by atoms with van der Waals surface area (Å²) in [4.78, 5) is 23.2. The fourth-order valence-corrected chi connectivity index (χ4v) is 1.99. The molecule has 0 spiro atoms. The highest BCUT2D eigenvalue weighted by Crippen LogP contribution is 2.26. The second kappa shape index (κ2) is 6.19. The van der Waals surface area contributed by atoms with Gasteiger partial charge in [0.1, 0.15) is 0 Å². The average Bonchev–Trinajstić information content (AvgIpc) is 2.75. The van der Waals surface area contributed by atoms with Gasteiger partial charge in [-0.05, 0) is 30.3 Å². The molecule has 0 radical (unpaired) electrons. The number of rotatable bonds is 2. The highest BCUT2D eigenvalue weighted by molar-refractivity contribution is 6.20. The minimum atomic E-state index is -0.697. The number of nitrogens with one attached hydrogen (secondary N) is 1. The van der Waals surface area contributed by atoms with Crippen molar-refractivity contribution in [1.82, 2.24) is 5.06 Å². The highest BCUT2D eigenvalue weighted by Gasteiger charge is 2.34. The van der Waals surface area contributed by atoms with Crippen LogP contribution in [0, 0.1) is 0 Å². The van der Waals surface area contributed by atoms with Gasteiger partial charge in [0.05, 0.1) is 11.1 Å². The number of nitrogens with zero attached hydrogens (tertiary/aromatic N) is 1. The summed E-state index contributed by atoms with van der Waals surface area (Å²) in [6.45, 7) is 4.00. The standard InChI is InChI=1S/C14H10N2O3.C2H6/c17-13-11-7-6-10(8-12(11)14(18)16(13)19)15-9-4-2-1-3-5-9;1-2/h1-8,15,19H;1-2H3. The molecule has 0 unspecified atom stereocenters. The Labute approximate surface area is 122 Å². The number of imide groups is 1. The molecule has 108 valence electrons. The number of amides is 2. The quantitative estimate of drug-likeness (QED) is 0.654. The molecular weight excluding hydrogens is 268 g/mol. The second-order valence-electron chi connectivity index (χ2n) is 4.17. The number of carbonyl (C=O) groups is 2. The maximum atomic E-state index is 11.6. The molecule has 0 saturated heterocycles. The van der Waals surface area contributed by atoms with Crippen LogP contribution in [-0.4, -0.2) is 22.1 Å². The van der Waals surface area contributed by atoms with E-state index in [9.17, 15) is 14.8 Å². The van der Waals surface area contributed by atoms with Crippen molar-refractivity contribution in [3.8, 4) is 0 Å². The Bertz CT molecular complexity index is 668. The largest absolute Gasteiger partial charge is 0.356 e. The second-order valence-corrected chi connectivity index (χ2v) is 4.17. The van der Waals surface area contributed by atoms with E-state index in [1.54, 1.807) is 12.1 Å². The summed E-state index contributed by atoms with van der Waals surface area (Å²) in [5, 5.41) is 12.5. The SMILES string of the molecule is CC.O=C1c2ccc(Nc3ccccc3)cc2C(=O)N1O. The van der Waals surface area contributed by atoms with E-state index in [4.69, 9.17) is 0 Å². The van der Waals surface area contributed by atoms with E-state index in [0.29, 0.717) is 5.69 Å². The zero-order valence-electron chi connectivity index (χ0n) is 11.8. The summed E-state index contributed by atoms with van der Waals surface area (Å²) in [5.41, 5.74) is 1.97. The highest BCUT2D eigenvalue weighted by atomic mass is 16.5. The first kappa shape index (κ1) is 14.7. The van der Waals surface area contributed by atoms with Gasteiger partial charge in [-0.2, -0.15) is 0 Å². The third-order valence-corrected chi connectivity index (χ3v) is 2.93. The van der Waals surface area contributed by atoms with Crippen LogP contribution in [0.25, 0.3) is 0 Å². The summed E-state index contributed by atoms with van der Waals surface area (Å²) >= 11 is 0. The molecule has 0 saturated carbocycles. The number of para-hydroxylation sites is 1. The van der Waals surface area contributed by atoms with Crippen molar-refractivity contribution in [2.24, 2.45) is 0 Å². The van der Waals surface area contributed by atoms with Gasteiger partial charge in [0.25, 0.3) is 11.8 Å². The molecule has 0 aromatic heterocycles. The third kappa shape index (κ3) is 2.78. The molecule has 5 heteroatoms. The van der Waals surface area contributed by atoms with Crippen LogP contribution < -0.4 is 5.32 Å². The van der Waals surface area contributed by atoms with E-state index in [1.807, 2.05) is 44.2 Å². The molecule has 2 aromatic carbocycles. The van der Waals surface area contributed by atoms with Crippen LogP contribution >= 0.6 is 0 Å². The first-order valence-corrected chi connectivity index (χ1v) is 6.70. The summed E-state index contributed by atoms with van der Waals surface area (Å²) in [5.74, 6) is -1.39. The maximum absolute atomic E-state index is 11.6. The van der Waals surface area contributed by atoms with E-state index in [-0.39, 0.29) is 16.2 Å². The van der Waals surface area contributed by atoms with Crippen LogP contribution in [0.3, 0.4) is 0 Å². The lowest BCUT2D eigenvalue weighted by Crippen LogP contribution is -2.25. The molecule has 1 heterocycles. The number of fused-ring (bicyclic) bond motifs is 1. The Kier molecular flexibility index (Phi) is 4.35. The Hall–Kier alpha value is -2.66. The van der Waals surface area contributed by atoms with Gasteiger partial charge in [-0.1, -0.05) is 32.0 Å². The maximum Gasteiger partial charge on any atom is 0.285 e.